The first-order chi connectivity index (χ1) is 12.7. The van der Waals surface area contributed by atoms with Crippen molar-refractivity contribution in [2.45, 2.75) is 0 Å². The van der Waals surface area contributed by atoms with E-state index < -0.39 is 0 Å². The van der Waals surface area contributed by atoms with Gasteiger partial charge in [-0.05, 0) is 41.2 Å². The summed E-state index contributed by atoms with van der Waals surface area (Å²) < 4.78 is 0.970. The second-order valence-corrected chi connectivity index (χ2v) is 8.61. The summed E-state index contributed by atoms with van der Waals surface area (Å²) in [4.78, 5) is 28.2. The topological polar surface area (TPSA) is 37.4 Å². The lowest BCUT2D eigenvalue weighted by Crippen LogP contribution is -2.50. The fourth-order valence-electron chi connectivity index (χ4n) is 5.57. The quantitative estimate of drug-likeness (QED) is 0.523. The predicted octanol–water partition coefficient (Wildman–Crippen LogP) is 4.33. The van der Waals surface area contributed by atoms with Gasteiger partial charge in [0.05, 0.1) is 17.5 Å². The number of rotatable bonds is 1. The highest BCUT2D eigenvalue weighted by atomic mass is 79.9. The Bertz CT molecular complexity index is 1020. The molecule has 128 valence electrons. The Morgan fingerprint density at radius 3 is 1.81 bits per heavy atom. The fraction of sp³-hybridized carbons (Fsp3) is 0.273. The Labute approximate surface area is 159 Å². The van der Waals surface area contributed by atoms with Crippen molar-refractivity contribution in [3.63, 3.8) is 0 Å². The minimum Gasteiger partial charge on any atom is -0.274 e. The molecule has 2 aromatic carbocycles. The monoisotopic (exact) mass is 405 g/mol. The Hall–Kier alpha value is -2.20. The first kappa shape index (κ1) is 14.9. The highest BCUT2D eigenvalue weighted by Crippen LogP contribution is 2.59. The molecule has 4 heteroatoms. The van der Waals surface area contributed by atoms with Crippen LogP contribution in [-0.4, -0.2) is 11.8 Å². The average Bonchev–Trinajstić information content (AvgIpc) is 2.88. The minimum atomic E-state index is -0.203. The summed E-state index contributed by atoms with van der Waals surface area (Å²) in [6.45, 7) is 0. The van der Waals surface area contributed by atoms with Crippen LogP contribution >= 0.6 is 15.9 Å². The van der Waals surface area contributed by atoms with Crippen molar-refractivity contribution < 1.29 is 9.59 Å². The van der Waals surface area contributed by atoms with E-state index >= 15 is 0 Å². The molecule has 0 radical (unpaired) electrons. The molecule has 7 rings (SSSR count). The van der Waals surface area contributed by atoms with Gasteiger partial charge >= 0.3 is 0 Å². The Balaban J connectivity index is 1.51. The summed E-state index contributed by atoms with van der Waals surface area (Å²) in [7, 11) is 0. The molecule has 0 unspecified atom stereocenters. The predicted molar refractivity (Wildman–Crippen MR) is 103 cm³/mol. The van der Waals surface area contributed by atoms with Gasteiger partial charge in [0.1, 0.15) is 0 Å². The third kappa shape index (κ3) is 1.64. The van der Waals surface area contributed by atoms with Crippen molar-refractivity contribution in [2.24, 2.45) is 35.5 Å². The van der Waals surface area contributed by atoms with Crippen LogP contribution in [-0.2, 0) is 9.59 Å². The molecule has 0 N–H and O–H groups in total. The van der Waals surface area contributed by atoms with Crippen molar-refractivity contribution >= 4 is 44.2 Å². The molecule has 2 aromatic rings. The SMILES string of the molecule is O=C1[C@@H]2[C@@H]3C=C[C@@H]([C@@H]4C=C[C@@H]43)[C@@H]2C(=O)N1c1ccc(Br)c2ccccc12. The molecule has 2 fully saturated rings. The van der Waals surface area contributed by atoms with Crippen LogP contribution in [0.2, 0.25) is 0 Å². The first-order valence-corrected chi connectivity index (χ1v) is 9.88. The van der Waals surface area contributed by atoms with E-state index in [4.69, 9.17) is 0 Å². The molecule has 1 saturated carbocycles. The number of hydrogen-bond donors (Lipinski definition) is 0. The van der Waals surface area contributed by atoms with Gasteiger partial charge in [-0.3, -0.25) is 9.59 Å². The van der Waals surface area contributed by atoms with Crippen LogP contribution in [0.15, 0.2) is 65.2 Å². The van der Waals surface area contributed by atoms with Crippen LogP contribution < -0.4 is 4.90 Å². The van der Waals surface area contributed by atoms with Gasteiger partial charge in [-0.2, -0.15) is 0 Å². The van der Waals surface area contributed by atoms with E-state index in [1.165, 1.54) is 4.90 Å². The molecule has 3 nitrogen and oxygen atoms in total. The van der Waals surface area contributed by atoms with Crippen molar-refractivity contribution in [3.8, 4) is 0 Å². The summed E-state index contributed by atoms with van der Waals surface area (Å²) in [5, 5.41) is 1.95. The highest BCUT2D eigenvalue weighted by Gasteiger charge is 2.63. The third-order valence-corrected chi connectivity index (χ3v) is 7.45. The van der Waals surface area contributed by atoms with Gasteiger partial charge in [0.2, 0.25) is 11.8 Å². The number of fused-ring (bicyclic) bond motifs is 1. The Morgan fingerprint density at radius 2 is 1.23 bits per heavy atom. The van der Waals surface area contributed by atoms with Gasteiger partial charge in [-0.15, -0.1) is 0 Å². The number of hydrogen-bond acceptors (Lipinski definition) is 2. The Kier molecular flexibility index (Phi) is 2.84. The summed E-state index contributed by atoms with van der Waals surface area (Å²) in [6.07, 6.45) is 8.81. The molecule has 5 aliphatic rings. The summed E-state index contributed by atoms with van der Waals surface area (Å²) in [5.41, 5.74) is 0.716. The van der Waals surface area contributed by atoms with Gasteiger partial charge in [-0.25, -0.2) is 4.90 Å². The summed E-state index contributed by atoms with van der Waals surface area (Å²) in [6, 6.07) is 11.7. The normalized spacial score (nSPS) is 36.4. The maximum Gasteiger partial charge on any atom is 0.238 e. The lowest BCUT2D eigenvalue weighted by atomic mass is 9.50. The van der Waals surface area contributed by atoms with E-state index in [9.17, 15) is 9.59 Å². The largest absolute Gasteiger partial charge is 0.274 e. The molecule has 0 aromatic heterocycles. The van der Waals surface area contributed by atoms with Crippen LogP contribution in [0.4, 0.5) is 5.69 Å². The zero-order valence-electron chi connectivity index (χ0n) is 13.9. The van der Waals surface area contributed by atoms with Crippen LogP contribution in [0.1, 0.15) is 0 Å². The van der Waals surface area contributed by atoms with Crippen LogP contribution in [0.3, 0.4) is 0 Å². The standard InChI is InChI=1S/C22H16BrNO2/c23-17-9-10-18(14-4-2-1-3-13(14)17)24-21(25)19-15-7-8-16(20(19)22(24)26)12-6-5-11(12)15/h1-12,15-16,19-20H/t11-,12+,15+,16-,19+,20-. The van der Waals surface area contributed by atoms with Gasteiger partial charge in [0.15, 0.2) is 0 Å². The molecule has 2 amide bonds. The molecule has 6 atom stereocenters. The third-order valence-electron chi connectivity index (χ3n) is 6.76. The van der Waals surface area contributed by atoms with E-state index in [-0.39, 0.29) is 35.5 Å². The molecule has 1 heterocycles. The maximum absolute atomic E-state index is 13.4. The number of carbonyl (C=O) groups is 2. The first-order valence-electron chi connectivity index (χ1n) is 9.08. The molecule has 0 spiro atoms. The van der Waals surface area contributed by atoms with Crippen LogP contribution in [0.5, 0.6) is 0 Å². The van der Waals surface area contributed by atoms with Crippen molar-refractivity contribution in [1.82, 2.24) is 0 Å². The summed E-state index contributed by atoms with van der Waals surface area (Å²) >= 11 is 3.58. The number of nitrogens with zero attached hydrogens (tertiary/aromatic N) is 1. The lowest BCUT2D eigenvalue weighted by Gasteiger charge is -2.51. The molecular formula is C22H16BrNO2. The highest BCUT2D eigenvalue weighted by molar-refractivity contribution is 9.10. The molecule has 26 heavy (non-hydrogen) atoms. The maximum atomic E-state index is 13.4. The number of allylic oxidation sites excluding steroid dienone is 4. The smallest absolute Gasteiger partial charge is 0.238 e. The number of carbonyl (C=O) groups excluding carboxylic acids is 2. The van der Waals surface area contributed by atoms with E-state index in [1.807, 2.05) is 36.4 Å². The van der Waals surface area contributed by atoms with Gasteiger partial charge in [-0.1, -0.05) is 64.5 Å². The zero-order valence-corrected chi connectivity index (χ0v) is 15.5. The van der Waals surface area contributed by atoms with E-state index in [0.717, 1.165) is 15.2 Å². The van der Waals surface area contributed by atoms with Crippen molar-refractivity contribution in [2.75, 3.05) is 4.90 Å². The lowest BCUT2D eigenvalue weighted by molar-refractivity contribution is -0.127. The average molecular weight is 406 g/mol. The molecular weight excluding hydrogens is 390 g/mol. The molecule has 2 bridgehead atoms. The second kappa shape index (κ2) is 4.95. The van der Waals surface area contributed by atoms with E-state index in [0.29, 0.717) is 17.5 Å². The van der Waals surface area contributed by atoms with Crippen LogP contribution in [0, 0.1) is 35.5 Å². The molecule has 1 saturated heterocycles. The van der Waals surface area contributed by atoms with E-state index in [2.05, 4.69) is 40.2 Å². The van der Waals surface area contributed by atoms with E-state index in [1.54, 1.807) is 0 Å². The minimum absolute atomic E-state index is 0.0226. The van der Waals surface area contributed by atoms with Gasteiger partial charge in [0, 0.05) is 9.86 Å². The van der Waals surface area contributed by atoms with Crippen molar-refractivity contribution in [3.05, 3.63) is 65.2 Å². The Morgan fingerprint density at radius 1 is 0.692 bits per heavy atom. The van der Waals surface area contributed by atoms with Crippen molar-refractivity contribution in [1.29, 1.82) is 0 Å². The summed E-state index contributed by atoms with van der Waals surface area (Å²) in [5.74, 6) is 0.758. The fourth-order valence-corrected chi connectivity index (χ4v) is 6.05. The van der Waals surface area contributed by atoms with Gasteiger partial charge < -0.3 is 0 Å². The number of benzene rings is 2. The zero-order chi connectivity index (χ0) is 17.6. The van der Waals surface area contributed by atoms with Crippen LogP contribution in [0.25, 0.3) is 10.8 Å². The number of halogens is 1. The number of imide groups is 1. The molecule has 1 aliphatic heterocycles. The number of amides is 2. The molecule has 4 aliphatic carbocycles. The number of anilines is 1. The second-order valence-electron chi connectivity index (χ2n) is 7.75. The van der Waals surface area contributed by atoms with Gasteiger partial charge in [0.25, 0.3) is 0 Å².